The molecule has 0 saturated carbocycles. The molecule has 1 fully saturated rings. The van der Waals surface area contributed by atoms with Crippen LogP contribution in [0.25, 0.3) is 11.5 Å². The van der Waals surface area contributed by atoms with Crippen molar-refractivity contribution in [2.45, 2.75) is 32.4 Å². The predicted octanol–water partition coefficient (Wildman–Crippen LogP) is 2.49. The summed E-state index contributed by atoms with van der Waals surface area (Å²) in [4.78, 5) is 8.80. The number of benzene rings is 1. The molecule has 0 unspecified atom stereocenters. The summed E-state index contributed by atoms with van der Waals surface area (Å²) >= 11 is 0. The molecule has 1 aromatic heterocycles. The van der Waals surface area contributed by atoms with Crippen molar-refractivity contribution < 1.29 is 9.15 Å². The van der Waals surface area contributed by atoms with Gasteiger partial charge in [0.15, 0.2) is 5.96 Å². The summed E-state index contributed by atoms with van der Waals surface area (Å²) in [6, 6.07) is 8.55. The average molecular weight is 328 g/mol. The Morgan fingerprint density at radius 3 is 2.71 bits per heavy atom. The fraction of sp³-hybridized carbons (Fsp3) is 0.444. The maximum absolute atomic E-state index is 5.58. The van der Waals surface area contributed by atoms with Crippen LogP contribution >= 0.6 is 0 Å². The second-order valence-electron chi connectivity index (χ2n) is 5.97. The molecule has 24 heavy (non-hydrogen) atoms. The summed E-state index contributed by atoms with van der Waals surface area (Å²) in [5, 5.41) is 6.70. The van der Waals surface area contributed by atoms with Crippen LogP contribution in [0, 0.1) is 6.92 Å². The molecule has 0 amide bonds. The highest BCUT2D eigenvalue weighted by atomic mass is 16.5. The highest BCUT2D eigenvalue weighted by Crippen LogP contribution is 2.19. The van der Waals surface area contributed by atoms with Gasteiger partial charge in [-0.05, 0) is 31.9 Å². The van der Waals surface area contributed by atoms with Crippen LogP contribution in [0.15, 0.2) is 39.9 Å². The maximum Gasteiger partial charge on any atom is 0.226 e. The molecule has 6 nitrogen and oxygen atoms in total. The van der Waals surface area contributed by atoms with Crippen LogP contribution < -0.4 is 10.6 Å². The predicted molar refractivity (Wildman–Crippen MR) is 93.9 cm³/mol. The lowest BCUT2D eigenvalue weighted by molar-refractivity contribution is 0.0822. The van der Waals surface area contributed by atoms with E-state index < -0.39 is 0 Å². The van der Waals surface area contributed by atoms with Gasteiger partial charge in [-0.2, -0.15) is 0 Å². The molecule has 2 aromatic rings. The van der Waals surface area contributed by atoms with Crippen molar-refractivity contribution in [3.8, 4) is 11.5 Å². The zero-order chi connectivity index (χ0) is 16.8. The topological polar surface area (TPSA) is 71.7 Å². The fourth-order valence-electron chi connectivity index (χ4n) is 2.62. The van der Waals surface area contributed by atoms with Crippen LogP contribution in [-0.4, -0.2) is 37.2 Å². The van der Waals surface area contributed by atoms with Crippen LogP contribution in [0.2, 0.25) is 0 Å². The van der Waals surface area contributed by atoms with Crippen LogP contribution in [0.3, 0.4) is 0 Å². The highest BCUT2D eigenvalue weighted by molar-refractivity contribution is 5.79. The fourth-order valence-corrected chi connectivity index (χ4v) is 2.62. The molecule has 1 aliphatic rings. The molecule has 1 aliphatic heterocycles. The standard InChI is InChI=1S/C18H24N4O2/c1-13-3-5-14(6-4-13)17-21-16(12-24-17)11-20-18(19-2)22-15-7-9-23-10-8-15/h3-6,12,15H,7-11H2,1-2H3,(H2,19,20,22). The van der Waals surface area contributed by atoms with Gasteiger partial charge in [-0.3, -0.25) is 4.99 Å². The molecule has 2 N–H and O–H groups in total. The Labute approximate surface area is 142 Å². The van der Waals surface area contributed by atoms with Crippen molar-refractivity contribution in [1.29, 1.82) is 0 Å². The van der Waals surface area contributed by atoms with E-state index in [1.165, 1.54) is 5.56 Å². The number of nitrogens with one attached hydrogen (secondary N) is 2. The third-order valence-electron chi connectivity index (χ3n) is 4.07. The number of guanidine groups is 1. The minimum Gasteiger partial charge on any atom is -0.444 e. The molecule has 0 atom stereocenters. The molecule has 1 saturated heterocycles. The number of aliphatic imine (C=N–C) groups is 1. The first-order chi connectivity index (χ1) is 11.7. The molecule has 6 heteroatoms. The summed E-state index contributed by atoms with van der Waals surface area (Å²) in [5.41, 5.74) is 3.05. The van der Waals surface area contributed by atoms with Gasteiger partial charge in [-0.25, -0.2) is 4.98 Å². The van der Waals surface area contributed by atoms with E-state index in [1.54, 1.807) is 13.3 Å². The van der Waals surface area contributed by atoms with Gasteiger partial charge in [-0.15, -0.1) is 0 Å². The minimum atomic E-state index is 0.408. The van der Waals surface area contributed by atoms with E-state index in [1.807, 2.05) is 12.1 Å². The lowest BCUT2D eigenvalue weighted by Crippen LogP contribution is -2.45. The van der Waals surface area contributed by atoms with E-state index >= 15 is 0 Å². The highest BCUT2D eigenvalue weighted by Gasteiger charge is 2.15. The molecule has 2 heterocycles. The summed E-state index contributed by atoms with van der Waals surface area (Å²) < 4.78 is 11.0. The Morgan fingerprint density at radius 1 is 1.25 bits per heavy atom. The lowest BCUT2D eigenvalue weighted by atomic mass is 10.1. The van der Waals surface area contributed by atoms with Gasteiger partial charge in [-0.1, -0.05) is 17.7 Å². The summed E-state index contributed by atoms with van der Waals surface area (Å²) in [5.74, 6) is 1.42. The van der Waals surface area contributed by atoms with Crippen LogP contribution in [0.4, 0.5) is 0 Å². The van der Waals surface area contributed by atoms with Gasteiger partial charge in [0.2, 0.25) is 5.89 Å². The first-order valence-electron chi connectivity index (χ1n) is 8.31. The zero-order valence-electron chi connectivity index (χ0n) is 14.2. The summed E-state index contributed by atoms with van der Waals surface area (Å²) in [7, 11) is 1.77. The zero-order valence-corrected chi connectivity index (χ0v) is 14.2. The third-order valence-corrected chi connectivity index (χ3v) is 4.07. The van der Waals surface area contributed by atoms with Gasteiger partial charge < -0.3 is 19.8 Å². The molecular formula is C18H24N4O2. The van der Waals surface area contributed by atoms with E-state index in [0.717, 1.165) is 43.3 Å². The van der Waals surface area contributed by atoms with E-state index in [0.29, 0.717) is 18.5 Å². The number of ether oxygens (including phenoxy) is 1. The van der Waals surface area contributed by atoms with E-state index in [2.05, 4.69) is 39.7 Å². The second-order valence-corrected chi connectivity index (χ2v) is 5.97. The summed E-state index contributed by atoms with van der Waals surface area (Å²) in [6.07, 6.45) is 3.69. The Balaban J connectivity index is 1.55. The largest absolute Gasteiger partial charge is 0.444 e. The molecule has 3 rings (SSSR count). The number of aryl methyl sites for hydroxylation is 1. The number of aromatic nitrogens is 1. The number of nitrogens with zero attached hydrogens (tertiary/aromatic N) is 2. The van der Waals surface area contributed by atoms with E-state index in [9.17, 15) is 0 Å². The van der Waals surface area contributed by atoms with Gasteiger partial charge >= 0.3 is 0 Å². The summed E-state index contributed by atoms with van der Waals surface area (Å²) in [6.45, 7) is 4.24. The van der Waals surface area contributed by atoms with E-state index in [-0.39, 0.29) is 0 Å². The molecule has 128 valence electrons. The molecular weight excluding hydrogens is 304 g/mol. The molecule has 0 aliphatic carbocycles. The number of hydrogen-bond donors (Lipinski definition) is 2. The van der Waals surface area contributed by atoms with Gasteiger partial charge in [0.25, 0.3) is 0 Å². The van der Waals surface area contributed by atoms with Crippen LogP contribution in [-0.2, 0) is 11.3 Å². The van der Waals surface area contributed by atoms with Crippen molar-refractivity contribution in [2.24, 2.45) is 4.99 Å². The van der Waals surface area contributed by atoms with Crippen LogP contribution in [0.1, 0.15) is 24.1 Å². The van der Waals surface area contributed by atoms with E-state index in [4.69, 9.17) is 9.15 Å². The minimum absolute atomic E-state index is 0.408. The normalized spacial score (nSPS) is 16.2. The Hall–Kier alpha value is -2.34. The third kappa shape index (κ3) is 4.35. The van der Waals surface area contributed by atoms with Crippen molar-refractivity contribution in [2.75, 3.05) is 20.3 Å². The first-order valence-corrected chi connectivity index (χ1v) is 8.31. The SMILES string of the molecule is CN=C(NCc1coc(-c2ccc(C)cc2)n1)NC1CCOCC1. The second kappa shape index (κ2) is 7.97. The van der Waals surface area contributed by atoms with Gasteiger partial charge in [0.05, 0.1) is 12.2 Å². The number of oxazole rings is 1. The van der Waals surface area contributed by atoms with Crippen molar-refractivity contribution >= 4 is 5.96 Å². The van der Waals surface area contributed by atoms with Gasteiger partial charge in [0.1, 0.15) is 6.26 Å². The lowest BCUT2D eigenvalue weighted by Gasteiger charge is -2.24. The number of rotatable bonds is 4. The number of hydrogen-bond acceptors (Lipinski definition) is 4. The average Bonchev–Trinajstić information content (AvgIpc) is 3.09. The smallest absolute Gasteiger partial charge is 0.226 e. The molecule has 0 bridgehead atoms. The molecule has 0 radical (unpaired) electrons. The van der Waals surface area contributed by atoms with Crippen molar-refractivity contribution in [3.05, 3.63) is 41.8 Å². The van der Waals surface area contributed by atoms with Crippen LogP contribution in [0.5, 0.6) is 0 Å². The van der Waals surface area contributed by atoms with Gasteiger partial charge in [0, 0.05) is 31.9 Å². The molecule has 1 aromatic carbocycles. The monoisotopic (exact) mass is 328 g/mol. The maximum atomic E-state index is 5.58. The quantitative estimate of drug-likeness (QED) is 0.666. The van der Waals surface area contributed by atoms with Crippen molar-refractivity contribution in [1.82, 2.24) is 15.6 Å². The Kier molecular flexibility index (Phi) is 5.48. The van der Waals surface area contributed by atoms with Crippen molar-refractivity contribution in [3.63, 3.8) is 0 Å². The first kappa shape index (κ1) is 16.5. The molecule has 0 spiro atoms. The Bertz CT molecular complexity index is 673. The Morgan fingerprint density at radius 2 is 2.00 bits per heavy atom.